The van der Waals surface area contributed by atoms with Gasteiger partial charge in [-0.2, -0.15) is 5.10 Å². The fourth-order valence-corrected chi connectivity index (χ4v) is 5.53. The van der Waals surface area contributed by atoms with Gasteiger partial charge in [-0.15, -0.1) is 0 Å². The molecule has 35 heavy (non-hydrogen) atoms. The summed E-state index contributed by atoms with van der Waals surface area (Å²) < 4.78 is 1.83. The van der Waals surface area contributed by atoms with E-state index in [0.29, 0.717) is 39.2 Å². The molecule has 0 saturated heterocycles. The molecule has 1 saturated carbocycles. The monoisotopic (exact) mass is 485 g/mol. The summed E-state index contributed by atoms with van der Waals surface area (Å²) in [6.07, 6.45) is 7.40. The summed E-state index contributed by atoms with van der Waals surface area (Å²) in [5.41, 5.74) is 2.23. The fraction of sp³-hybridized carbons (Fsp3) is 0.280. The minimum absolute atomic E-state index is 0.211. The van der Waals surface area contributed by atoms with Gasteiger partial charge in [-0.05, 0) is 37.1 Å². The first-order valence-electron chi connectivity index (χ1n) is 11.7. The zero-order chi connectivity index (χ0) is 23.9. The molecule has 5 aromatic rings. The number of aromatic nitrogens is 6. The Bertz CT molecular complexity index is 1760. The van der Waals surface area contributed by atoms with Crippen LogP contribution in [-0.4, -0.2) is 35.8 Å². The molecular weight excluding hydrogens is 462 g/mol. The van der Waals surface area contributed by atoms with Crippen LogP contribution < -0.4 is 15.9 Å². The molecule has 3 aromatic heterocycles. The molecule has 1 aliphatic rings. The van der Waals surface area contributed by atoms with Crippen LogP contribution in [0.4, 0.5) is 0 Å². The van der Waals surface area contributed by atoms with Crippen LogP contribution in [0, 0.1) is 0 Å². The number of aryl methyl sites for hydroxylation is 1. The largest absolute Gasteiger partial charge is 0.313 e. The third-order valence-electron chi connectivity index (χ3n) is 6.44. The molecule has 9 nitrogen and oxygen atoms in total. The van der Waals surface area contributed by atoms with E-state index >= 15 is 0 Å². The molecule has 6 rings (SSSR count). The first-order valence-corrected chi connectivity index (χ1v) is 12.5. The van der Waals surface area contributed by atoms with Gasteiger partial charge in [0.25, 0.3) is 11.1 Å². The van der Waals surface area contributed by atoms with Gasteiger partial charge in [-0.25, -0.2) is 14.6 Å². The van der Waals surface area contributed by atoms with E-state index in [2.05, 4.69) is 20.1 Å². The van der Waals surface area contributed by atoms with Crippen LogP contribution in [0.15, 0.2) is 57.3 Å². The van der Waals surface area contributed by atoms with Crippen molar-refractivity contribution in [3.8, 4) is 22.0 Å². The Labute approximate surface area is 203 Å². The molecule has 1 fully saturated rings. The van der Waals surface area contributed by atoms with Crippen LogP contribution >= 0.6 is 11.3 Å². The summed E-state index contributed by atoms with van der Waals surface area (Å²) >= 11 is 1.55. The van der Waals surface area contributed by atoms with Crippen molar-refractivity contribution in [2.45, 2.75) is 38.1 Å². The maximum atomic E-state index is 12.8. The average molecular weight is 486 g/mol. The lowest BCUT2D eigenvalue weighted by molar-refractivity contribution is 0.434. The van der Waals surface area contributed by atoms with Gasteiger partial charge in [-0.1, -0.05) is 42.7 Å². The average Bonchev–Trinajstić information content (AvgIpc) is 3.24. The second kappa shape index (κ2) is 8.70. The van der Waals surface area contributed by atoms with E-state index in [1.54, 1.807) is 35.6 Å². The van der Waals surface area contributed by atoms with E-state index < -0.39 is 0 Å². The quantitative estimate of drug-likeness (QED) is 0.405. The molecular formula is C25H23N7O2S. The normalized spacial score (nSPS) is 15.3. The molecule has 0 radical (unpaired) electrons. The van der Waals surface area contributed by atoms with Crippen LogP contribution in [0.1, 0.15) is 32.1 Å². The van der Waals surface area contributed by atoms with Gasteiger partial charge < -0.3 is 9.97 Å². The zero-order valence-corrected chi connectivity index (χ0v) is 19.9. The summed E-state index contributed by atoms with van der Waals surface area (Å²) in [5, 5.41) is 6.50. The summed E-state index contributed by atoms with van der Waals surface area (Å²) in [5.74, 6) is 0.418. The Morgan fingerprint density at radius 2 is 1.71 bits per heavy atom. The smallest absolute Gasteiger partial charge is 0.259 e. The lowest BCUT2D eigenvalue weighted by Gasteiger charge is -2.16. The predicted molar refractivity (Wildman–Crippen MR) is 136 cm³/mol. The molecule has 0 spiro atoms. The Hall–Kier alpha value is -3.92. The van der Waals surface area contributed by atoms with Crippen molar-refractivity contribution in [1.29, 1.82) is 0 Å². The highest BCUT2D eigenvalue weighted by atomic mass is 32.1. The van der Waals surface area contributed by atoms with Crippen LogP contribution in [0.25, 0.3) is 43.8 Å². The Morgan fingerprint density at radius 3 is 2.54 bits per heavy atom. The van der Waals surface area contributed by atoms with E-state index in [9.17, 15) is 9.59 Å². The van der Waals surface area contributed by atoms with Gasteiger partial charge in [0.1, 0.15) is 10.8 Å². The first-order chi connectivity index (χ1) is 17.0. The second-order valence-corrected chi connectivity index (χ2v) is 9.80. The number of hydrogen-bond acceptors (Lipinski definition) is 7. The Balaban J connectivity index is 1.42. The predicted octanol–water partition coefficient (Wildman–Crippen LogP) is 3.52. The standard InChI is InChI=1S/C25H23N7O2S/c1-32-25(28-16-5-3-2-4-6-16)35-24(31-32)15-8-10-18-20(12-15)29-21(30-23(18)34)14-7-9-17-19(11-14)26-13-27-22(17)33/h7-13,16H,2-6H2,1H3,(H,26,27,33)(H,29,30,34). The van der Waals surface area contributed by atoms with E-state index in [1.807, 2.05) is 23.9 Å². The van der Waals surface area contributed by atoms with Crippen molar-refractivity contribution in [3.63, 3.8) is 0 Å². The van der Waals surface area contributed by atoms with Gasteiger partial charge in [0.2, 0.25) is 4.80 Å². The summed E-state index contributed by atoms with van der Waals surface area (Å²) in [7, 11) is 1.92. The second-order valence-electron chi connectivity index (χ2n) is 8.84. The third kappa shape index (κ3) is 4.10. The van der Waals surface area contributed by atoms with Gasteiger partial charge in [0.05, 0.1) is 34.2 Å². The number of hydrogen-bond donors (Lipinski definition) is 2. The number of fused-ring (bicyclic) bond motifs is 2. The minimum Gasteiger partial charge on any atom is -0.313 e. The van der Waals surface area contributed by atoms with E-state index in [4.69, 9.17) is 9.98 Å². The van der Waals surface area contributed by atoms with Crippen LogP contribution in [0.5, 0.6) is 0 Å². The zero-order valence-electron chi connectivity index (χ0n) is 19.1. The molecule has 0 amide bonds. The van der Waals surface area contributed by atoms with Gasteiger partial charge in [0.15, 0.2) is 0 Å². The number of nitrogens with zero attached hydrogens (tertiary/aromatic N) is 5. The number of benzene rings is 2. The molecule has 0 bridgehead atoms. The molecule has 3 heterocycles. The highest BCUT2D eigenvalue weighted by Crippen LogP contribution is 2.25. The molecule has 0 atom stereocenters. The van der Waals surface area contributed by atoms with Crippen LogP contribution in [0.2, 0.25) is 0 Å². The number of nitrogens with one attached hydrogen (secondary N) is 2. The van der Waals surface area contributed by atoms with Crippen molar-refractivity contribution in [3.05, 3.63) is 68.2 Å². The van der Waals surface area contributed by atoms with Crippen molar-refractivity contribution in [2.75, 3.05) is 0 Å². The SMILES string of the molecule is Cn1nc(-c2ccc3c(=O)[nH]c(-c4ccc5c(=O)[nH]cnc5c4)nc3c2)sc1=NC1CCCCC1. The van der Waals surface area contributed by atoms with Crippen molar-refractivity contribution < 1.29 is 0 Å². The van der Waals surface area contributed by atoms with Crippen molar-refractivity contribution in [2.24, 2.45) is 12.0 Å². The lowest BCUT2D eigenvalue weighted by atomic mass is 9.96. The Kier molecular flexibility index (Phi) is 5.37. The Morgan fingerprint density at radius 1 is 0.971 bits per heavy atom. The molecule has 10 heteroatoms. The molecule has 0 unspecified atom stereocenters. The topological polar surface area (TPSA) is 122 Å². The fourth-order valence-electron chi connectivity index (χ4n) is 4.57. The first kappa shape index (κ1) is 21.6. The number of H-pyrrole nitrogens is 2. The van der Waals surface area contributed by atoms with E-state index in [0.717, 1.165) is 28.2 Å². The van der Waals surface area contributed by atoms with Gasteiger partial charge in [-0.3, -0.25) is 14.6 Å². The highest BCUT2D eigenvalue weighted by molar-refractivity contribution is 7.12. The van der Waals surface area contributed by atoms with E-state index in [1.165, 1.54) is 25.6 Å². The lowest BCUT2D eigenvalue weighted by Crippen LogP contribution is -2.18. The summed E-state index contributed by atoms with van der Waals surface area (Å²) in [6.45, 7) is 0. The number of aromatic amines is 2. The molecule has 2 aromatic carbocycles. The molecule has 2 N–H and O–H groups in total. The maximum Gasteiger partial charge on any atom is 0.259 e. The van der Waals surface area contributed by atoms with Crippen molar-refractivity contribution in [1.82, 2.24) is 29.7 Å². The minimum atomic E-state index is -0.229. The van der Waals surface area contributed by atoms with Crippen LogP contribution in [-0.2, 0) is 7.05 Å². The number of rotatable bonds is 3. The molecule has 176 valence electrons. The summed E-state index contributed by atoms with van der Waals surface area (Å²) in [4.78, 5) is 45.0. The maximum absolute atomic E-state index is 12.8. The van der Waals surface area contributed by atoms with Gasteiger partial charge >= 0.3 is 0 Å². The summed E-state index contributed by atoms with van der Waals surface area (Å²) in [6, 6.07) is 11.1. The van der Waals surface area contributed by atoms with Crippen molar-refractivity contribution >= 4 is 33.1 Å². The van der Waals surface area contributed by atoms with Gasteiger partial charge in [0, 0.05) is 18.2 Å². The highest BCUT2D eigenvalue weighted by Gasteiger charge is 2.14. The third-order valence-corrected chi connectivity index (χ3v) is 7.50. The molecule has 0 aliphatic heterocycles. The molecule has 1 aliphatic carbocycles. The van der Waals surface area contributed by atoms with E-state index in [-0.39, 0.29) is 11.1 Å². The van der Waals surface area contributed by atoms with Crippen LogP contribution in [0.3, 0.4) is 0 Å².